The molecule has 4 heteroatoms. The summed E-state index contributed by atoms with van der Waals surface area (Å²) in [4.78, 5) is 16.0. The van der Waals surface area contributed by atoms with Crippen LogP contribution in [0.1, 0.15) is 10.4 Å². The summed E-state index contributed by atoms with van der Waals surface area (Å²) >= 11 is 1.64. The molecule has 2 aromatic rings. The third-order valence-corrected chi connectivity index (χ3v) is 2.86. The number of carboxylic acid groups (broad SMARTS) is 1. The van der Waals surface area contributed by atoms with Crippen LogP contribution in [0.3, 0.4) is 0 Å². The molecule has 0 atom stereocenters. The summed E-state index contributed by atoms with van der Waals surface area (Å²) < 4.78 is 0. The smallest absolute Gasteiger partial charge is 0.337 e. The van der Waals surface area contributed by atoms with Gasteiger partial charge in [0.15, 0.2) is 0 Å². The fourth-order valence-corrected chi connectivity index (χ4v) is 1.78. The minimum Gasteiger partial charge on any atom is -0.478 e. The van der Waals surface area contributed by atoms with Crippen molar-refractivity contribution in [1.29, 1.82) is 0 Å². The van der Waals surface area contributed by atoms with E-state index in [1.807, 2.05) is 24.5 Å². The van der Waals surface area contributed by atoms with E-state index in [2.05, 4.69) is 4.98 Å². The second-order valence-electron chi connectivity index (χ2n) is 3.09. The minimum absolute atomic E-state index is 0.222. The van der Waals surface area contributed by atoms with Gasteiger partial charge in [-0.15, -0.1) is 11.8 Å². The molecular formula is C11H9NO2S. The van der Waals surface area contributed by atoms with Crippen LogP contribution >= 0.6 is 11.8 Å². The van der Waals surface area contributed by atoms with Gasteiger partial charge in [0.1, 0.15) is 0 Å². The summed E-state index contributed by atoms with van der Waals surface area (Å²) in [7, 11) is 0. The van der Waals surface area contributed by atoms with Crippen molar-refractivity contribution >= 4 is 28.6 Å². The first-order valence-electron chi connectivity index (χ1n) is 4.38. The van der Waals surface area contributed by atoms with Gasteiger partial charge in [0, 0.05) is 16.5 Å². The molecule has 0 aliphatic rings. The molecule has 0 bridgehead atoms. The predicted molar refractivity (Wildman–Crippen MR) is 60.5 cm³/mol. The Morgan fingerprint density at radius 2 is 2.20 bits per heavy atom. The third kappa shape index (κ3) is 1.94. The predicted octanol–water partition coefficient (Wildman–Crippen LogP) is 2.65. The van der Waals surface area contributed by atoms with Crippen LogP contribution < -0.4 is 0 Å². The minimum atomic E-state index is -0.946. The number of rotatable bonds is 2. The van der Waals surface area contributed by atoms with Gasteiger partial charge in [0.2, 0.25) is 0 Å². The van der Waals surface area contributed by atoms with Gasteiger partial charge >= 0.3 is 5.97 Å². The lowest BCUT2D eigenvalue weighted by Crippen LogP contribution is -1.96. The fraction of sp³-hybridized carbons (Fsp3) is 0.0909. The average Bonchev–Trinajstić information content (AvgIpc) is 2.27. The number of hydrogen-bond acceptors (Lipinski definition) is 3. The zero-order valence-corrected chi connectivity index (χ0v) is 8.91. The van der Waals surface area contributed by atoms with Crippen LogP contribution in [0.15, 0.2) is 35.4 Å². The molecule has 0 aliphatic heterocycles. The molecule has 1 aromatic heterocycles. The highest BCUT2D eigenvalue weighted by Gasteiger charge is 2.04. The summed E-state index contributed by atoms with van der Waals surface area (Å²) in [5.41, 5.74) is 1.05. The van der Waals surface area contributed by atoms with Gasteiger partial charge in [0.25, 0.3) is 0 Å². The van der Waals surface area contributed by atoms with Crippen LogP contribution in [0, 0.1) is 0 Å². The molecule has 1 aromatic carbocycles. The Hall–Kier alpha value is -1.55. The van der Waals surface area contributed by atoms with Crippen molar-refractivity contribution in [3.8, 4) is 0 Å². The number of hydrogen-bond donors (Lipinski definition) is 1. The first-order valence-corrected chi connectivity index (χ1v) is 5.60. The van der Waals surface area contributed by atoms with E-state index in [0.717, 1.165) is 15.8 Å². The molecule has 1 N–H and O–H groups in total. The first-order chi connectivity index (χ1) is 7.20. The number of carboxylic acids is 1. The number of benzene rings is 1. The van der Waals surface area contributed by atoms with E-state index < -0.39 is 5.97 Å². The Labute approximate surface area is 91.1 Å². The van der Waals surface area contributed by atoms with Crippen LogP contribution in [-0.4, -0.2) is 22.3 Å². The molecule has 0 unspecified atom stereocenters. The molecule has 0 fully saturated rings. The normalized spacial score (nSPS) is 10.5. The molecule has 76 valence electrons. The van der Waals surface area contributed by atoms with E-state index in [0.29, 0.717) is 0 Å². The van der Waals surface area contributed by atoms with E-state index in [1.165, 1.54) is 6.20 Å². The Bertz CT molecular complexity index is 525. The Morgan fingerprint density at radius 1 is 1.40 bits per heavy atom. The van der Waals surface area contributed by atoms with Crippen molar-refractivity contribution < 1.29 is 9.90 Å². The molecule has 0 radical (unpaired) electrons. The average molecular weight is 219 g/mol. The van der Waals surface area contributed by atoms with E-state index in [1.54, 1.807) is 17.8 Å². The molecule has 3 nitrogen and oxygen atoms in total. The highest BCUT2D eigenvalue weighted by Crippen LogP contribution is 2.21. The third-order valence-electron chi connectivity index (χ3n) is 2.14. The van der Waals surface area contributed by atoms with Gasteiger partial charge in [-0.3, -0.25) is 4.98 Å². The van der Waals surface area contributed by atoms with Crippen molar-refractivity contribution in [3.05, 3.63) is 36.0 Å². The molecule has 0 amide bonds. The number of nitrogens with zero attached hydrogens (tertiary/aromatic N) is 1. The zero-order valence-electron chi connectivity index (χ0n) is 8.10. The SMILES string of the molecule is CSc1ccc2cc(C(=O)O)cnc2c1. The molecule has 0 spiro atoms. The quantitative estimate of drug-likeness (QED) is 0.789. The number of thioether (sulfide) groups is 1. The van der Waals surface area contributed by atoms with Crippen molar-refractivity contribution in [1.82, 2.24) is 4.98 Å². The largest absolute Gasteiger partial charge is 0.478 e. The first kappa shape index (κ1) is 9.98. The van der Waals surface area contributed by atoms with E-state index >= 15 is 0 Å². The van der Waals surface area contributed by atoms with Crippen LogP contribution in [0.2, 0.25) is 0 Å². The molecular weight excluding hydrogens is 210 g/mol. The number of fused-ring (bicyclic) bond motifs is 1. The fourth-order valence-electron chi connectivity index (χ4n) is 1.35. The van der Waals surface area contributed by atoms with Crippen molar-refractivity contribution in [2.45, 2.75) is 4.90 Å². The van der Waals surface area contributed by atoms with E-state index in [-0.39, 0.29) is 5.56 Å². The number of pyridine rings is 1. The van der Waals surface area contributed by atoms with Crippen molar-refractivity contribution in [2.75, 3.05) is 6.26 Å². The highest BCUT2D eigenvalue weighted by atomic mass is 32.2. The maximum atomic E-state index is 10.7. The number of aromatic nitrogens is 1. The van der Waals surface area contributed by atoms with Gasteiger partial charge in [-0.2, -0.15) is 0 Å². The molecule has 2 rings (SSSR count). The number of aromatic carboxylic acids is 1. The summed E-state index contributed by atoms with van der Waals surface area (Å²) in [6.45, 7) is 0. The molecule has 15 heavy (non-hydrogen) atoms. The lowest BCUT2D eigenvalue weighted by molar-refractivity contribution is 0.0696. The lowest BCUT2D eigenvalue weighted by atomic mass is 10.1. The maximum Gasteiger partial charge on any atom is 0.337 e. The van der Waals surface area contributed by atoms with E-state index in [9.17, 15) is 4.79 Å². The lowest BCUT2D eigenvalue weighted by Gasteiger charge is -2.01. The van der Waals surface area contributed by atoms with Gasteiger partial charge in [-0.25, -0.2) is 4.79 Å². The summed E-state index contributed by atoms with van der Waals surface area (Å²) in [5.74, 6) is -0.946. The molecule has 0 saturated heterocycles. The topological polar surface area (TPSA) is 50.2 Å². The molecule has 0 aliphatic carbocycles. The van der Waals surface area contributed by atoms with Gasteiger partial charge < -0.3 is 5.11 Å². The Morgan fingerprint density at radius 3 is 2.87 bits per heavy atom. The zero-order chi connectivity index (χ0) is 10.8. The Balaban J connectivity index is 2.59. The summed E-state index contributed by atoms with van der Waals surface area (Å²) in [6, 6.07) is 7.43. The summed E-state index contributed by atoms with van der Waals surface area (Å²) in [6.07, 6.45) is 3.38. The monoisotopic (exact) mass is 219 g/mol. The van der Waals surface area contributed by atoms with Crippen molar-refractivity contribution in [3.63, 3.8) is 0 Å². The Kier molecular flexibility index (Phi) is 2.60. The standard InChI is InChI=1S/C11H9NO2S/c1-15-9-3-2-7-4-8(11(13)14)6-12-10(7)5-9/h2-6H,1H3,(H,13,14). The van der Waals surface area contributed by atoms with Crippen LogP contribution in [0.25, 0.3) is 10.9 Å². The van der Waals surface area contributed by atoms with E-state index in [4.69, 9.17) is 5.11 Å². The second kappa shape index (κ2) is 3.90. The van der Waals surface area contributed by atoms with Gasteiger partial charge in [0.05, 0.1) is 11.1 Å². The van der Waals surface area contributed by atoms with Crippen LogP contribution in [0.5, 0.6) is 0 Å². The molecule has 1 heterocycles. The van der Waals surface area contributed by atoms with Gasteiger partial charge in [-0.1, -0.05) is 6.07 Å². The van der Waals surface area contributed by atoms with Gasteiger partial charge in [-0.05, 0) is 24.5 Å². The maximum absolute atomic E-state index is 10.7. The second-order valence-corrected chi connectivity index (χ2v) is 3.97. The van der Waals surface area contributed by atoms with Crippen LogP contribution in [-0.2, 0) is 0 Å². The summed E-state index contributed by atoms with van der Waals surface area (Å²) in [5, 5.41) is 9.66. The molecule has 0 saturated carbocycles. The van der Waals surface area contributed by atoms with Crippen LogP contribution in [0.4, 0.5) is 0 Å². The number of carbonyl (C=O) groups is 1. The van der Waals surface area contributed by atoms with Crippen molar-refractivity contribution in [2.24, 2.45) is 0 Å². The highest BCUT2D eigenvalue weighted by molar-refractivity contribution is 7.98.